The summed E-state index contributed by atoms with van der Waals surface area (Å²) in [4.78, 5) is 14.8. The second-order valence-corrected chi connectivity index (χ2v) is 10.8. The highest BCUT2D eigenvalue weighted by Crippen LogP contribution is 2.31. The molecule has 174 valence electrons. The Morgan fingerprint density at radius 1 is 1.12 bits per heavy atom. The number of benzene rings is 2. The number of piperidine rings is 1. The normalized spacial score (nSPS) is 14.9. The van der Waals surface area contributed by atoms with Crippen molar-refractivity contribution >= 4 is 44.6 Å². The average Bonchev–Trinajstić information content (AvgIpc) is 2.80. The van der Waals surface area contributed by atoms with Gasteiger partial charge in [0, 0.05) is 31.2 Å². The Bertz CT molecular complexity index is 1020. The van der Waals surface area contributed by atoms with Crippen LogP contribution in [0.15, 0.2) is 47.4 Å². The van der Waals surface area contributed by atoms with Gasteiger partial charge in [-0.1, -0.05) is 36.2 Å². The van der Waals surface area contributed by atoms with E-state index in [1.54, 1.807) is 37.3 Å². The number of nitrogens with one attached hydrogen (secondary N) is 1. The Labute approximate surface area is 199 Å². The first-order valence-corrected chi connectivity index (χ1v) is 13.1. The number of nitrogens with zero attached hydrogens (tertiary/aromatic N) is 1. The molecule has 0 atom stereocenters. The topological polar surface area (TPSA) is 75.7 Å². The van der Waals surface area contributed by atoms with Crippen molar-refractivity contribution in [3.63, 3.8) is 0 Å². The summed E-state index contributed by atoms with van der Waals surface area (Å²) < 4.78 is 29.5. The smallest absolute Gasteiger partial charge is 0.220 e. The van der Waals surface area contributed by atoms with Gasteiger partial charge in [-0.05, 0) is 55.7 Å². The number of hydrogen-bond acceptors (Lipinski definition) is 5. The minimum absolute atomic E-state index is 0.0124. The van der Waals surface area contributed by atoms with E-state index < -0.39 is 9.84 Å². The van der Waals surface area contributed by atoms with E-state index in [0.29, 0.717) is 40.1 Å². The zero-order chi connectivity index (χ0) is 23.1. The lowest BCUT2D eigenvalue weighted by Gasteiger charge is -2.34. The van der Waals surface area contributed by atoms with E-state index in [1.165, 1.54) is 0 Å². The number of ether oxygens (including phenoxy) is 1. The highest BCUT2D eigenvalue weighted by atomic mass is 35.5. The molecule has 2 aromatic carbocycles. The first-order valence-electron chi connectivity index (χ1n) is 10.7. The van der Waals surface area contributed by atoms with Gasteiger partial charge in [-0.3, -0.25) is 4.79 Å². The highest BCUT2D eigenvalue weighted by Gasteiger charge is 2.21. The van der Waals surface area contributed by atoms with Crippen molar-refractivity contribution in [2.45, 2.75) is 43.5 Å². The summed E-state index contributed by atoms with van der Waals surface area (Å²) >= 11 is 12.0. The lowest BCUT2D eigenvalue weighted by molar-refractivity contribution is -0.122. The standard InChI is InChI=1S/C23H28Cl2N2O4S/c1-2-32(29,30)19-10-8-18(9-11-19)27-14-12-17(13-15-27)26-22(28)7-4-16-31-21-6-3-5-20(24)23(21)25/h3,5-6,8-11,17H,2,4,7,12-16H2,1H3,(H,26,28). The van der Waals surface area contributed by atoms with E-state index in [0.717, 1.165) is 31.6 Å². The van der Waals surface area contributed by atoms with Crippen LogP contribution < -0.4 is 15.0 Å². The minimum Gasteiger partial charge on any atom is -0.492 e. The summed E-state index contributed by atoms with van der Waals surface area (Å²) in [7, 11) is -3.19. The van der Waals surface area contributed by atoms with Crippen LogP contribution in [0.3, 0.4) is 0 Å². The van der Waals surface area contributed by atoms with Gasteiger partial charge in [0.2, 0.25) is 5.91 Å². The van der Waals surface area contributed by atoms with Gasteiger partial charge in [0.05, 0.1) is 22.3 Å². The molecule has 1 saturated heterocycles. The summed E-state index contributed by atoms with van der Waals surface area (Å²) in [6.45, 7) is 3.64. The Hall–Kier alpha value is -1.96. The molecule has 1 aliphatic rings. The lowest BCUT2D eigenvalue weighted by atomic mass is 10.0. The Morgan fingerprint density at radius 3 is 2.47 bits per heavy atom. The Kier molecular flexibility index (Phi) is 8.68. The molecule has 32 heavy (non-hydrogen) atoms. The number of anilines is 1. The van der Waals surface area contributed by atoms with Gasteiger partial charge in [-0.2, -0.15) is 0 Å². The largest absolute Gasteiger partial charge is 0.492 e. The monoisotopic (exact) mass is 498 g/mol. The van der Waals surface area contributed by atoms with E-state index in [-0.39, 0.29) is 17.7 Å². The van der Waals surface area contributed by atoms with Crippen molar-refractivity contribution in [2.75, 3.05) is 30.3 Å². The number of carbonyl (C=O) groups is 1. The van der Waals surface area contributed by atoms with Gasteiger partial charge in [0.15, 0.2) is 9.84 Å². The van der Waals surface area contributed by atoms with Crippen LogP contribution in [0.2, 0.25) is 10.0 Å². The molecule has 1 amide bonds. The third-order valence-electron chi connectivity index (χ3n) is 5.52. The van der Waals surface area contributed by atoms with Crippen LogP contribution in [0, 0.1) is 0 Å². The van der Waals surface area contributed by atoms with Crippen molar-refractivity contribution in [2.24, 2.45) is 0 Å². The molecule has 0 saturated carbocycles. The molecule has 6 nitrogen and oxygen atoms in total. The molecule has 1 aliphatic heterocycles. The van der Waals surface area contributed by atoms with E-state index in [9.17, 15) is 13.2 Å². The van der Waals surface area contributed by atoms with Gasteiger partial charge in [-0.25, -0.2) is 8.42 Å². The lowest BCUT2D eigenvalue weighted by Crippen LogP contribution is -2.44. The van der Waals surface area contributed by atoms with E-state index in [4.69, 9.17) is 27.9 Å². The molecule has 0 aliphatic carbocycles. The van der Waals surface area contributed by atoms with Crippen molar-refractivity contribution in [3.8, 4) is 5.75 Å². The van der Waals surface area contributed by atoms with E-state index >= 15 is 0 Å². The van der Waals surface area contributed by atoms with E-state index in [1.807, 2.05) is 12.1 Å². The minimum atomic E-state index is -3.19. The van der Waals surface area contributed by atoms with Gasteiger partial charge in [0.25, 0.3) is 0 Å². The van der Waals surface area contributed by atoms with Gasteiger partial charge in [0.1, 0.15) is 10.8 Å². The summed E-state index contributed by atoms with van der Waals surface area (Å²) in [6.07, 6.45) is 2.65. The van der Waals surface area contributed by atoms with Crippen LogP contribution in [-0.2, 0) is 14.6 Å². The molecule has 0 bridgehead atoms. The first kappa shape index (κ1) is 24.7. The molecular weight excluding hydrogens is 471 g/mol. The first-order chi connectivity index (χ1) is 15.3. The van der Waals surface area contributed by atoms with Crippen molar-refractivity contribution in [3.05, 3.63) is 52.5 Å². The number of hydrogen-bond donors (Lipinski definition) is 1. The molecular formula is C23H28Cl2N2O4S. The molecule has 3 rings (SSSR count). The number of rotatable bonds is 9. The third kappa shape index (κ3) is 6.53. The van der Waals surface area contributed by atoms with Gasteiger partial charge >= 0.3 is 0 Å². The second kappa shape index (κ2) is 11.3. The predicted octanol–water partition coefficient (Wildman–Crippen LogP) is 4.73. The maximum Gasteiger partial charge on any atom is 0.220 e. The highest BCUT2D eigenvalue weighted by molar-refractivity contribution is 7.91. The maximum absolute atomic E-state index is 12.3. The second-order valence-electron chi connectivity index (χ2n) is 7.73. The third-order valence-corrected chi connectivity index (χ3v) is 8.08. The maximum atomic E-state index is 12.3. The fourth-order valence-corrected chi connectivity index (χ4v) is 4.85. The number of carbonyl (C=O) groups excluding carboxylic acids is 1. The summed E-state index contributed by atoms with van der Waals surface area (Å²) in [5, 5.41) is 3.92. The molecule has 1 N–H and O–H groups in total. The summed E-state index contributed by atoms with van der Waals surface area (Å²) in [5.74, 6) is 0.628. The zero-order valence-corrected chi connectivity index (χ0v) is 20.3. The van der Waals surface area contributed by atoms with Crippen LogP contribution in [0.1, 0.15) is 32.6 Å². The van der Waals surface area contributed by atoms with Gasteiger partial charge in [-0.15, -0.1) is 0 Å². The van der Waals surface area contributed by atoms with Crippen molar-refractivity contribution in [1.82, 2.24) is 5.32 Å². The van der Waals surface area contributed by atoms with Crippen molar-refractivity contribution in [1.29, 1.82) is 0 Å². The fraction of sp³-hybridized carbons (Fsp3) is 0.435. The van der Waals surface area contributed by atoms with Crippen molar-refractivity contribution < 1.29 is 17.9 Å². The Morgan fingerprint density at radius 2 is 1.81 bits per heavy atom. The fourth-order valence-electron chi connectivity index (χ4n) is 3.62. The van der Waals surface area contributed by atoms with E-state index in [2.05, 4.69) is 10.2 Å². The van der Waals surface area contributed by atoms with Crippen LogP contribution in [0.4, 0.5) is 5.69 Å². The van der Waals surface area contributed by atoms with Gasteiger partial charge < -0.3 is 15.0 Å². The van der Waals surface area contributed by atoms with Crippen LogP contribution in [-0.4, -0.2) is 45.8 Å². The number of sulfone groups is 1. The molecule has 0 unspecified atom stereocenters. The molecule has 0 radical (unpaired) electrons. The van der Waals surface area contributed by atoms with Crippen LogP contribution >= 0.6 is 23.2 Å². The quantitative estimate of drug-likeness (QED) is 0.505. The zero-order valence-electron chi connectivity index (χ0n) is 18.0. The molecule has 9 heteroatoms. The SMILES string of the molecule is CCS(=O)(=O)c1ccc(N2CCC(NC(=O)CCCOc3cccc(Cl)c3Cl)CC2)cc1. The predicted molar refractivity (Wildman–Crippen MR) is 129 cm³/mol. The number of halogens is 2. The van der Waals surface area contributed by atoms with Crippen LogP contribution in [0.25, 0.3) is 0 Å². The molecule has 0 spiro atoms. The summed E-state index contributed by atoms with van der Waals surface area (Å²) in [6, 6.07) is 12.4. The number of amides is 1. The Balaban J connectivity index is 1.38. The summed E-state index contributed by atoms with van der Waals surface area (Å²) in [5.41, 5.74) is 1.00. The van der Waals surface area contributed by atoms with Crippen LogP contribution in [0.5, 0.6) is 5.75 Å². The molecule has 2 aromatic rings. The molecule has 1 fully saturated rings. The molecule has 1 heterocycles. The average molecular weight is 499 g/mol. The molecule has 0 aromatic heterocycles.